The number of methoxy groups -OCH3 is 1. The summed E-state index contributed by atoms with van der Waals surface area (Å²) in [6.07, 6.45) is 1.64. The zero-order valence-electron chi connectivity index (χ0n) is 15.6. The number of hydrogen-bond acceptors (Lipinski definition) is 8. The van der Waals surface area contributed by atoms with Gasteiger partial charge in [0.2, 0.25) is 0 Å². The zero-order valence-corrected chi connectivity index (χ0v) is 15.6. The van der Waals surface area contributed by atoms with Crippen molar-refractivity contribution in [3.8, 4) is 22.8 Å². The first kappa shape index (κ1) is 18.5. The molecule has 148 valence electrons. The SMILES string of the molecule is COC(=O)c1ccc2nc(NCCN)c3ncc(-c4ccc(O)c(O)c4)n3c2c1. The summed E-state index contributed by atoms with van der Waals surface area (Å²) in [6, 6.07) is 9.57. The van der Waals surface area contributed by atoms with Crippen LogP contribution in [-0.4, -0.2) is 50.8 Å². The molecule has 0 atom stereocenters. The van der Waals surface area contributed by atoms with E-state index in [-0.39, 0.29) is 11.5 Å². The predicted molar refractivity (Wildman–Crippen MR) is 108 cm³/mol. The fourth-order valence-electron chi connectivity index (χ4n) is 3.17. The summed E-state index contributed by atoms with van der Waals surface area (Å²) in [5.74, 6) is -0.378. The average molecular weight is 393 g/mol. The van der Waals surface area contributed by atoms with E-state index in [0.717, 1.165) is 0 Å². The fourth-order valence-corrected chi connectivity index (χ4v) is 3.17. The molecule has 0 aliphatic heterocycles. The molecule has 0 saturated heterocycles. The summed E-state index contributed by atoms with van der Waals surface area (Å²) in [6.45, 7) is 0.934. The van der Waals surface area contributed by atoms with Crippen molar-refractivity contribution in [1.82, 2.24) is 14.4 Å². The molecule has 0 unspecified atom stereocenters. The standard InChI is InChI=1S/C20H19N5O4/c1-29-20(28)12-2-4-13-14(8-12)25-15(11-3-5-16(26)17(27)9-11)10-23-19(25)18(24-13)22-7-6-21/h2-5,8-10,26-27H,6-7,21H2,1H3,(H,22,24). The Kier molecular flexibility index (Phi) is 4.65. The van der Waals surface area contributed by atoms with Crippen LogP contribution in [0.5, 0.6) is 11.5 Å². The lowest BCUT2D eigenvalue weighted by Gasteiger charge is -2.12. The molecule has 4 aromatic rings. The van der Waals surface area contributed by atoms with Crippen LogP contribution in [0.15, 0.2) is 42.6 Å². The van der Waals surface area contributed by atoms with Crippen molar-refractivity contribution in [2.45, 2.75) is 0 Å². The number of esters is 1. The Morgan fingerprint density at radius 3 is 2.76 bits per heavy atom. The number of ether oxygens (including phenoxy) is 1. The maximum Gasteiger partial charge on any atom is 0.337 e. The number of rotatable bonds is 5. The second kappa shape index (κ2) is 7.28. The van der Waals surface area contributed by atoms with E-state index >= 15 is 0 Å². The third kappa shape index (κ3) is 3.17. The van der Waals surface area contributed by atoms with Crippen LogP contribution in [0.25, 0.3) is 27.9 Å². The van der Waals surface area contributed by atoms with Gasteiger partial charge in [-0.2, -0.15) is 0 Å². The van der Waals surface area contributed by atoms with Crippen LogP contribution in [-0.2, 0) is 4.74 Å². The van der Waals surface area contributed by atoms with Crippen LogP contribution in [0.1, 0.15) is 10.4 Å². The minimum Gasteiger partial charge on any atom is -0.504 e. The summed E-state index contributed by atoms with van der Waals surface area (Å²) in [4.78, 5) is 21.1. The van der Waals surface area contributed by atoms with Gasteiger partial charge in [0, 0.05) is 18.7 Å². The first-order valence-corrected chi connectivity index (χ1v) is 8.89. The topological polar surface area (TPSA) is 135 Å². The van der Waals surface area contributed by atoms with Gasteiger partial charge < -0.3 is 26.0 Å². The second-order valence-corrected chi connectivity index (χ2v) is 6.38. The molecule has 0 bridgehead atoms. The molecule has 9 nitrogen and oxygen atoms in total. The lowest BCUT2D eigenvalue weighted by atomic mass is 10.1. The molecule has 2 aromatic heterocycles. The number of aromatic hydroxyl groups is 2. The Balaban J connectivity index is 2.04. The third-order valence-electron chi connectivity index (χ3n) is 4.55. The first-order valence-electron chi connectivity index (χ1n) is 8.89. The lowest BCUT2D eigenvalue weighted by Crippen LogP contribution is -2.15. The monoisotopic (exact) mass is 393 g/mol. The van der Waals surface area contributed by atoms with E-state index in [1.54, 1.807) is 30.5 Å². The predicted octanol–water partition coefficient (Wildman–Crippen LogP) is 2.12. The summed E-state index contributed by atoms with van der Waals surface area (Å²) < 4.78 is 6.66. The van der Waals surface area contributed by atoms with Crippen molar-refractivity contribution in [1.29, 1.82) is 0 Å². The van der Waals surface area contributed by atoms with E-state index in [9.17, 15) is 15.0 Å². The highest BCUT2D eigenvalue weighted by molar-refractivity contribution is 5.95. The number of phenolic OH excluding ortho intramolecular Hbond substituents is 2. The molecule has 0 aliphatic rings. The highest BCUT2D eigenvalue weighted by Crippen LogP contribution is 2.33. The molecule has 0 amide bonds. The molecule has 2 aromatic carbocycles. The molecule has 0 radical (unpaired) electrons. The lowest BCUT2D eigenvalue weighted by molar-refractivity contribution is 0.0601. The number of benzene rings is 2. The van der Waals surface area contributed by atoms with Crippen LogP contribution in [0.2, 0.25) is 0 Å². The molecule has 0 saturated carbocycles. The maximum atomic E-state index is 12.0. The molecule has 29 heavy (non-hydrogen) atoms. The zero-order chi connectivity index (χ0) is 20.5. The Morgan fingerprint density at radius 1 is 1.21 bits per heavy atom. The van der Waals surface area contributed by atoms with Gasteiger partial charge in [0.15, 0.2) is 23.0 Å². The molecular weight excluding hydrogens is 374 g/mol. The number of hydrogen-bond donors (Lipinski definition) is 4. The van der Waals surface area contributed by atoms with Crippen molar-refractivity contribution in [3.05, 3.63) is 48.2 Å². The number of nitrogens with zero attached hydrogens (tertiary/aromatic N) is 3. The Morgan fingerprint density at radius 2 is 2.03 bits per heavy atom. The van der Waals surface area contributed by atoms with Crippen molar-refractivity contribution in [2.75, 3.05) is 25.5 Å². The van der Waals surface area contributed by atoms with Crippen LogP contribution < -0.4 is 11.1 Å². The largest absolute Gasteiger partial charge is 0.504 e. The van der Waals surface area contributed by atoms with E-state index < -0.39 is 5.97 Å². The molecule has 5 N–H and O–H groups in total. The summed E-state index contributed by atoms with van der Waals surface area (Å²) in [7, 11) is 1.32. The van der Waals surface area contributed by atoms with Crippen LogP contribution >= 0.6 is 0 Å². The van der Waals surface area contributed by atoms with Gasteiger partial charge in [-0.05, 0) is 36.4 Å². The summed E-state index contributed by atoms with van der Waals surface area (Å²) in [5.41, 5.74) is 9.08. The van der Waals surface area contributed by atoms with Crippen molar-refractivity contribution >= 4 is 28.5 Å². The van der Waals surface area contributed by atoms with Gasteiger partial charge in [-0.15, -0.1) is 0 Å². The molecule has 0 aliphatic carbocycles. The van der Waals surface area contributed by atoms with Gasteiger partial charge in [0.1, 0.15) is 0 Å². The van der Waals surface area contributed by atoms with Crippen molar-refractivity contribution < 1.29 is 19.7 Å². The second-order valence-electron chi connectivity index (χ2n) is 6.38. The third-order valence-corrected chi connectivity index (χ3v) is 4.55. The highest BCUT2D eigenvalue weighted by Gasteiger charge is 2.17. The highest BCUT2D eigenvalue weighted by atomic mass is 16.5. The smallest absolute Gasteiger partial charge is 0.337 e. The summed E-state index contributed by atoms with van der Waals surface area (Å²) >= 11 is 0. The van der Waals surface area contributed by atoms with E-state index in [2.05, 4.69) is 15.3 Å². The van der Waals surface area contributed by atoms with Gasteiger partial charge in [-0.25, -0.2) is 14.8 Å². The molecule has 4 rings (SSSR count). The van der Waals surface area contributed by atoms with Gasteiger partial charge in [0.25, 0.3) is 0 Å². The summed E-state index contributed by atoms with van der Waals surface area (Å²) in [5, 5.41) is 22.7. The van der Waals surface area contributed by atoms with Crippen LogP contribution in [0.3, 0.4) is 0 Å². The molecule has 2 heterocycles. The quantitative estimate of drug-likeness (QED) is 0.299. The van der Waals surface area contributed by atoms with E-state index in [1.807, 2.05) is 4.40 Å². The maximum absolute atomic E-state index is 12.0. The number of nitrogens with two attached hydrogens (primary N) is 1. The first-order chi connectivity index (χ1) is 14.0. The number of carbonyl (C=O) groups is 1. The minimum atomic E-state index is -0.464. The Labute approximate surface area is 165 Å². The van der Waals surface area contributed by atoms with Crippen molar-refractivity contribution in [3.63, 3.8) is 0 Å². The molecule has 9 heteroatoms. The number of phenols is 2. The molecule has 0 spiro atoms. The van der Waals surface area contributed by atoms with E-state index in [1.165, 1.54) is 19.2 Å². The number of aromatic nitrogens is 3. The fraction of sp³-hybridized carbons (Fsp3) is 0.150. The Hall–Kier alpha value is -3.85. The van der Waals surface area contributed by atoms with Crippen LogP contribution in [0, 0.1) is 0 Å². The normalized spacial score (nSPS) is 11.1. The number of fused-ring (bicyclic) bond motifs is 3. The average Bonchev–Trinajstić information content (AvgIpc) is 3.18. The van der Waals surface area contributed by atoms with Gasteiger partial charge >= 0.3 is 5.97 Å². The van der Waals surface area contributed by atoms with Crippen LogP contribution in [0.4, 0.5) is 5.82 Å². The molecular formula is C20H19N5O4. The Bertz CT molecular complexity index is 1230. The van der Waals surface area contributed by atoms with Gasteiger partial charge in [-0.1, -0.05) is 0 Å². The van der Waals surface area contributed by atoms with E-state index in [0.29, 0.717) is 52.4 Å². The van der Waals surface area contributed by atoms with E-state index in [4.69, 9.17) is 10.5 Å². The number of anilines is 1. The minimum absolute atomic E-state index is 0.215. The van der Waals surface area contributed by atoms with Gasteiger partial charge in [-0.3, -0.25) is 4.40 Å². The number of imidazole rings is 1. The van der Waals surface area contributed by atoms with Gasteiger partial charge in [0.05, 0.1) is 35.6 Å². The molecule has 0 fully saturated rings. The number of carbonyl (C=O) groups excluding carboxylic acids is 1. The number of nitrogens with one attached hydrogen (secondary N) is 1. The van der Waals surface area contributed by atoms with Crippen molar-refractivity contribution in [2.24, 2.45) is 5.73 Å².